The molecule has 7 heteroatoms. The average Bonchev–Trinajstić information content (AvgIpc) is 2.79. The van der Waals surface area contributed by atoms with Crippen molar-refractivity contribution in [3.05, 3.63) is 60.2 Å². The highest BCUT2D eigenvalue weighted by molar-refractivity contribution is 5.92. The summed E-state index contributed by atoms with van der Waals surface area (Å²) in [5, 5.41) is 5.95. The van der Waals surface area contributed by atoms with Crippen LogP contribution in [0.15, 0.2) is 54.6 Å². The van der Waals surface area contributed by atoms with Crippen molar-refractivity contribution in [2.75, 3.05) is 39.2 Å². The van der Waals surface area contributed by atoms with E-state index in [0.29, 0.717) is 18.0 Å². The molecule has 1 fully saturated rings. The first-order valence-electron chi connectivity index (χ1n) is 10.3. The van der Waals surface area contributed by atoms with Crippen molar-refractivity contribution in [1.29, 1.82) is 0 Å². The zero-order valence-electron chi connectivity index (χ0n) is 18.0. The quantitative estimate of drug-likeness (QED) is 0.638. The van der Waals surface area contributed by atoms with Gasteiger partial charge in [-0.1, -0.05) is 18.2 Å². The highest BCUT2D eigenvalue weighted by Gasteiger charge is 2.21. The highest BCUT2D eigenvalue weighted by atomic mass is 16.5. The summed E-state index contributed by atoms with van der Waals surface area (Å²) in [6, 6.07) is 15.0. The monoisotopic (exact) mass is 423 g/mol. The summed E-state index contributed by atoms with van der Waals surface area (Å²) < 4.78 is 10.5. The van der Waals surface area contributed by atoms with Crippen LogP contribution in [0.5, 0.6) is 11.5 Å². The van der Waals surface area contributed by atoms with Gasteiger partial charge in [-0.05, 0) is 48.7 Å². The molecule has 0 unspecified atom stereocenters. The third-order valence-corrected chi connectivity index (χ3v) is 5.16. The van der Waals surface area contributed by atoms with E-state index in [1.54, 1.807) is 26.4 Å². The Kier molecular flexibility index (Phi) is 8.06. The number of amides is 2. The van der Waals surface area contributed by atoms with Gasteiger partial charge in [-0.3, -0.25) is 14.5 Å². The van der Waals surface area contributed by atoms with Gasteiger partial charge in [0.05, 0.1) is 20.8 Å². The SMILES string of the molecule is COc1cc(/C=C/C(=O)NC2CCN(CC(=O)Nc3ccccc3)CC2)cc(OC)c1. The van der Waals surface area contributed by atoms with E-state index in [0.717, 1.165) is 37.2 Å². The normalized spacial score (nSPS) is 14.9. The molecule has 3 rings (SSSR count). The number of piperidine rings is 1. The van der Waals surface area contributed by atoms with Crippen molar-refractivity contribution in [2.24, 2.45) is 0 Å². The Hall–Kier alpha value is -3.32. The number of hydrogen-bond acceptors (Lipinski definition) is 5. The standard InChI is InChI=1S/C24H29N3O4/c1-30-21-14-18(15-22(16-21)31-2)8-9-23(28)25-20-10-12-27(13-11-20)17-24(29)26-19-6-4-3-5-7-19/h3-9,14-16,20H,10-13,17H2,1-2H3,(H,25,28)(H,26,29)/b9-8+. The van der Waals surface area contributed by atoms with Crippen LogP contribution < -0.4 is 20.1 Å². The molecular formula is C24H29N3O4. The van der Waals surface area contributed by atoms with Gasteiger partial charge < -0.3 is 20.1 Å². The number of methoxy groups -OCH3 is 2. The number of benzene rings is 2. The van der Waals surface area contributed by atoms with Crippen molar-refractivity contribution >= 4 is 23.6 Å². The summed E-state index contributed by atoms with van der Waals surface area (Å²) in [6.07, 6.45) is 4.88. The van der Waals surface area contributed by atoms with Crippen molar-refractivity contribution in [2.45, 2.75) is 18.9 Å². The van der Waals surface area contributed by atoms with Gasteiger partial charge in [-0.2, -0.15) is 0 Å². The van der Waals surface area contributed by atoms with Crippen LogP contribution in [0.4, 0.5) is 5.69 Å². The predicted molar refractivity (Wildman–Crippen MR) is 121 cm³/mol. The van der Waals surface area contributed by atoms with Crippen molar-refractivity contribution < 1.29 is 19.1 Å². The number of nitrogens with one attached hydrogen (secondary N) is 2. The summed E-state index contributed by atoms with van der Waals surface area (Å²) in [7, 11) is 3.18. The van der Waals surface area contributed by atoms with Crippen molar-refractivity contribution in [3.63, 3.8) is 0 Å². The molecule has 7 nitrogen and oxygen atoms in total. The van der Waals surface area contributed by atoms with Crippen LogP contribution in [0, 0.1) is 0 Å². The fraction of sp³-hybridized carbons (Fsp3) is 0.333. The Morgan fingerprint density at radius 3 is 2.29 bits per heavy atom. The molecule has 1 aliphatic rings. The topological polar surface area (TPSA) is 79.9 Å². The maximum Gasteiger partial charge on any atom is 0.244 e. The lowest BCUT2D eigenvalue weighted by atomic mass is 10.0. The predicted octanol–water partition coefficient (Wildman–Crippen LogP) is 2.94. The number of rotatable bonds is 8. The Bertz CT molecular complexity index is 884. The zero-order chi connectivity index (χ0) is 22.1. The molecule has 0 radical (unpaired) electrons. The van der Waals surface area contributed by atoms with Gasteiger partial charge in [0, 0.05) is 37.0 Å². The van der Waals surface area contributed by atoms with E-state index in [-0.39, 0.29) is 17.9 Å². The minimum atomic E-state index is -0.137. The van der Waals surface area contributed by atoms with Gasteiger partial charge in [-0.25, -0.2) is 0 Å². The molecule has 0 bridgehead atoms. The summed E-state index contributed by atoms with van der Waals surface area (Å²) in [4.78, 5) is 26.6. The van der Waals surface area contributed by atoms with Crippen LogP contribution in [0.1, 0.15) is 18.4 Å². The van der Waals surface area contributed by atoms with Gasteiger partial charge in [0.1, 0.15) is 11.5 Å². The van der Waals surface area contributed by atoms with E-state index in [2.05, 4.69) is 15.5 Å². The Labute approximate surface area is 183 Å². The number of ether oxygens (including phenoxy) is 2. The van der Waals surface area contributed by atoms with Crippen LogP contribution in [-0.4, -0.2) is 56.6 Å². The van der Waals surface area contributed by atoms with E-state index < -0.39 is 0 Å². The first kappa shape index (κ1) is 22.4. The number of nitrogens with zero attached hydrogens (tertiary/aromatic N) is 1. The number of likely N-dealkylation sites (tertiary alicyclic amines) is 1. The molecule has 0 aromatic heterocycles. The number of hydrogen-bond donors (Lipinski definition) is 2. The largest absolute Gasteiger partial charge is 0.497 e. The van der Waals surface area contributed by atoms with Crippen molar-refractivity contribution in [1.82, 2.24) is 10.2 Å². The van der Waals surface area contributed by atoms with Gasteiger partial charge >= 0.3 is 0 Å². The lowest BCUT2D eigenvalue weighted by Crippen LogP contribution is -2.46. The van der Waals surface area contributed by atoms with E-state index in [9.17, 15) is 9.59 Å². The van der Waals surface area contributed by atoms with E-state index >= 15 is 0 Å². The van der Waals surface area contributed by atoms with Gasteiger partial charge in [0.15, 0.2) is 0 Å². The molecule has 1 heterocycles. The molecule has 0 aliphatic carbocycles. The second-order valence-corrected chi connectivity index (χ2v) is 7.45. The molecule has 1 saturated heterocycles. The van der Waals surface area contributed by atoms with E-state index in [1.165, 1.54) is 6.08 Å². The van der Waals surface area contributed by atoms with E-state index in [4.69, 9.17) is 9.47 Å². The Morgan fingerprint density at radius 1 is 1.03 bits per heavy atom. The summed E-state index contributed by atoms with van der Waals surface area (Å²) in [5.74, 6) is 1.18. The first-order chi connectivity index (χ1) is 15.1. The molecule has 2 aromatic rings. The van der Waals surface area contributed by atoms with Gasteiger partial charge in [-0.15, -0.1) is 0 Å². The molecule has 0 saturated carbocycles. The first-order valence-corrected chi connectivity index (χ1v) is 10.3. The van der Waals surface area contributed by atoms with Crippen molar-refractivity contribution in [3.8, 4) is 11.5 Å². The molecule has 0 atom stereocenters. The molecule has 164 valence electrons. The third kappa shape index (κ3) is 7.15. The zero-order valence-corrected chi connectivity index (χ0v) is 18.0. The maximum atomic E-state index is 12.3. The van der Waals surface area contributed by atoms with Gasteiger partial charge in [0.25, 0.3) is 0 Å². The molecule has 2 aromatic carbocycles. The Balaban J connectivity index is 1.42. The third-order valence-electron chi connectivity index (χ3n) is 5.16. The van der Waals surface area contributed by atoms with Crippen LogP contribution in [0.2, 0.25) is 0 Å². The van der Waals surface area contributed by atoms with E-state index in [1.807, 2.05) is 42.5 Å². The molecule has 2 amide bonds. The second-order valence-electron chi connectivity index (χ2n) is 7.45. The van der Waals surface area contributed by atoms with Crippen LogP contribution >= 0.6 is 0 Å². The maximum absolute atomic E-state index is 12.3. The highest BCUT2D eigenvalue weighted by Crippen LogP contribution is 2.23. The second kappa shape index (κ2) is 11.2. The number of anilines is 1. The van der Waals surface area contributed by atoms with Gasteiger partial charge in [0.2, 0.25) is 11.8 Å². The summed E-state index contributed by atoms with van der Waals surface area (Å²) >= 11 is 0. The fourth-order valence-electron chi connectivity index (χ4n) is 3.51. The molecular weight excluding hydrogens is 394 g/mol. The lowest BCUT2D eigenvalue weighted by molar-refractivity contribution is -0.119. The smallest absolute Gasteiger partial charge is 0.244 e. The van der Waals surface area contributed by atoms with Crippen LogP contribution in [0.3, 0.4) is 0 Å². The summed E-state index contributed by atoms with van der Waals surface area (Å²) in [5.41, 5.74) is 1.63. The molecule has 2 N–H and O–H groups in total. The lowest BCUT2D eigenvalue weighted by Gasteiger charge is -2.31. The Morgan fingerprint density at radius 2 is 1.68 bits per heavy atom. The summed E-state index contributed by atoms with van der Waals surface area (Å²) in [6.45, 7) is 1.89. The van der Waals surface area contributed by atoms with Crippen LogP contribution in [0.25, 0.3) is 6.08 Å². The molecule has 0 spiro atoms. The number of carbonyl (C=O) groups is 2. The minimum Gasteiger partial charge on any atom is -0.497 e. The molecule has 31 heavy (non-hydrogen) atoms. The average molecular weight is 424 g/mol. The minimum absolute atomic E-state index is 0.0228. The number of para-hydroxylation sites is 1. The van der Waals surface area contributed by atoms with Crippen LogP contribution in [-0.2, 0) is 9.59 Å². The molecule has 1 aliphatic heterocycles. The fourth-order valence-corrected chi connectivity index (χ4v) is 3.51. The number of carbonyl (C=O) groups excluding carboxylic acids is 2.